The molecule has 102 valence electrons. The Kier molecular flexibility index (Phi) is 3.34. The van der Waals surface area contributed by atoms with E-state index in [1.807, 2.05) is 20.8 Å². The molecule has 1 aromatic heterocycles. The van der Waals surface area contributed by atoms with Gasteiger partial charge in [0.05, 0.1) is 5.69 Å². The minimum Gasteiger partial charge on any atom is -0.381 e. The van der Waals surface area contributed by atoms with Crippen LogP contribution in [0.25, 0.3) is 5.69 Å². The van der Waals surface area contributed by atoms with Crippen LogP contribution in [0.5, 0.6) is 0 Å². The molecule has 0 bridgehead atoms. The lowest BCUT2D eigenvalue weighted by molar-refractivity contribution is 0.526. The van der Waals surface area contributed by atoms with Crippen LogP contribution in [0.4, 0.5) is 14.6 Å². The maximum atomic E-state index is 14.0. The molecule has 2 aromatic rings. The molecule has 4 nitrogen and oxygen atoms in total. The van der Waals surface area contributed by atoms with Crippen LogP contribution in [0, 0.1) is 11.6 Å². The number of rotatable bonds is 1. The minimum atomic E-state index is -0.734. The highest BCUT2D eigenvalue weighted by Gasteiger charge is 2.27. The van der Waals surface area contributed by atoms with Crippen LogP contribution in [-0.2, 0) is 5.41 Å². The van der Waals surface area contributed by atoms with Gasteiger partial charge in [-0.2, -0.15) is 0 Å². The van der Waals surface area contributed by atoms with Crippen LogP contribution in [-0.4, -0.2) is 15.0 Å². The van der Waals surface area contributed by atoms with Gasteiger partial charge in [-0.1, -0.05) is 26.0 Å². The van der Waals surface area contributed by atoms with Gasteiger partial charge in [0.25, 0.3) is 0 Å². The van der Waals surface area contributed by atoms with E-state index in [0.29, 0.717) is 5.69 Å². The molecule has 0 aliphatic heterocycles. The van der Waals surface area contributed by atoms with Crippen molar-refractivity contribution in [2.24, 2.45) is 0 Å². The number of halogens is 3. The summed E-state index contributed by atoms with van der Waals surface area (Å²) in [6.45, 7) is 5.73. The Morgan fingerprint density at radius 2 is 1.89 bits per heavy atom. The lowest BCUT2D eigenvalue weighted by Gasteiger charge is -2.20. The summed E-state index contributed by atoms with van der Waals surface area (Å²) < 4.78 is 28.6. The molecule has 7 heteroatoms. The third-order valence-electron chi connectivity index (χ3n) is 2.60. The Labute approximate surface area is 117 Å². The lowest BCUT2D eigenvalue weighted by atomic mass is 9.91. The smallest absolute Gasteiger partial charge is 0.170 e. The van der Waals surface area contributed by atoms with E-state index in [1.54, 1.807) is 0 Å². The van der Waals surface area contributed by atoms with Crippen molar-refractivity contribution in [1.82, 2.24) is 15.0 Å². The van der Waals surface area contributed by atoms with E-state index in [9.17, 15) is 8.78 Å². The SMILES string of the molecule is CC(C)(C)c1c(N)nnn1-c1c(F)cc(F)cc1Br. The highest BCUT2D eigenvalue weighted by atomic mass is 79.9. The molecule has 2 rings (SSSR count). The van der Waals surface area contributed by atoms with E-state index in [-0.39, 0.29) is 21.4 Å². The van der Waals surface area contributed by atoms with E-state index < -0.39 is 11.6 Å². The summed E-state index contributed by atoms with van der Waals surface area (Å²) in [5.41, 5.74) is 6.07. The molecule has 0 atom stereocenters. The second-order valence-corrected chi connectivity index (χ2v) is 6.06. The first kappa shape index (κ1) is 13.9. The normalized spacial score (nSPS) is 11.9. The number of benzene rings is 1. The second kappa shape index (κ2) is 4.56. The Bertz CT molecular complexity index is 608. The van der Waals surface area contributed by atoms with Crippen molar-refractivity contribution in [1.29, 1.82) is 0 Å². The van der Waals surface area contributed by atoms with Gasteiger partial charge >= 0.3 is 0 Å². The third kappa shape index (κ3) is 2.47. The first-order valence-corrected chi connectivity index (χ1v) is 6.37. The Morgan fingerprint density at radius 1 is 1.26 bits per heavy atom. The summed E-state index contributed by atoms with van der Waals surface area (Å²) in [4.78, 5) is 0. The summed E-state index contributed by atoms with van der Waals surface area (Å²) in [6.07, 6.45) is 0. The molecule has 0 aliphatic carbocycles. The largest absolute Gasteiger partial charge is 0.381 e. The number of aromatic nitrogens is 3. The molecule has 0 aliphatic rings. The molecule has 1 heterocycles. The average Bonchev–Trinajstić information content (AvgIpc) is 2.57. The van der Waals surface area contributed by atoms with Crippen molar-refractivity contribution >= 4 is 21.7 Å². The average molecular weight is 331 g/mol. The number of nitrogens with two attached hydrogens (primary N) is 1. The molecule has 0 spiro atoms. The van der Waals surface area contributed by atoms with Crippen molar-refractivity contribution in [3.05, 3.63) is 33.9 Å². The highest BCUT2D eigenvalue weighted by molar-refractivity contribution is 9.10. The monoisotopic (exact) mass is 330 g/mol. The van der Waals surface area contributed by atoms with Gasteiger partial charge in [-0.25, -0.2) is 13.5 Å². The van der Waals surface area contributed by atoms with Gasteiger partial charge in [0.2, 0.25) is 0 Å². The molecule has 2 N–H and O–H groups in total. The molecule has 19 heavy (non-hydrogen) atoms. The quantitative estimate of drug-likeness (QED) is 0.873. The molecule has 0 saturated carbocycles. The zero-order chi connectivity index (χ0) is 14.4. The van der Waals surface area contributed by atoms with Gasteiger partial charge in [0, 0.05) is 16.0 Å². The summed E-state index contributed by atoms with van der Waals surface area (Å²) in [7, 11) is 0. The predicted octanol–water partition coefficient (Wildman–Crippen LogP) is 3.19. The molecule has 0 amide bonds. The molecular weight excluding hydrogens is 318 g/mol. The van der Waals surface area contributed by atoms with Crippen molar-refractivity contribution in [3.8, 4) is 5.69 Å². The first-order chi connectivity index (χ1) is 8.71. The summed E-state index contributed by atoms with van der Waals surface area (Å²) in [6, 6.07) is 1.97. The van der Waals surface area contributed by atoms with E-state index in [2.05, 4.69) is 26.2 Å². The van der Waals surface area contributed by atoms with Gasteiger partial charge < -0.3 is 5.73 Å². The van der Waals surface area contributed by atoms with Gasteiger partial charge in [-0.05, 0) is 22.0 Å². The van der Waals surface area contributed by atoms with Crippen molar-refractivity contribution in [2.75, 3.05) is 5.73 Å². The van der Waals surface area contributed by atoms with Gasteiger partial charge in [0.1, 0.15) is 11.5 Å². The topological polar surface area (TPSA) is 56.7 Å². The van der Waals surface area contributed by atoms with Crippen LogP contribution in [0.2, 0.25) is 0 Å². The molecule has 0 saturated heterocycles. The van der Waals surface area contributed by atoms with Gasteiger partial charge in [0.15, 0.2) is 11.6 Å². The zero-order valence-corrected chi connectivity index (χ0v) is 12.3. The van der Waals surface area contributed by atoms with Crippen LogP contribution >= 0.6 is 15.9 Å². The number of anilines is 1. The van der Waals surface area contributed by atoms with Crippen molar-refractivity contribution in [2.45, 2.75) is 26.2 Å². The molecule has 0 fully saturated rings. The molecule has 0 unspecified atom stereocenters. The van der Waals surface area contributed by atoms with Crippen LogP contribution in [0.3, 0.4) is 0 Å². The second-order valence-electron chi connectivity index (χ2n) is 5.20. The van der Waals surface area contributed by atoms with Gasteiger partial charge in [-0.15, -0.1) is 5.10 Å². The van der Waals surface area contributed by atoms with E-state index >= 15 is 0 Å². The Morgan fingerprint density at radius 3 is 2.42 bits per heavy atom. The molecule has 1 aromatic carbocycles. The van der Waals surface area contributed by atoms with Crippen molar-refractivity contribution < 1.29 is 8.78 Å². The third-order valence-corrected chi connectivity index (χ3v) is 3.20. The number of nitrogens with zero attached hydrogens (tertiary/aromatic N) is 3. The fourth-order valence-electron chi connectivity index (χ4n) is 1.89. The first-order valence-electron chi connectivity index (χ1n) is 5.58. The number of hydrogen-bond donors (Lipinski definition) is 1. The van der Waals surface area contributed by atoms with Crippen LogP contribution in [0.15, 0.2) is 16.6 Å². The van der Waals surface area contributed by atoms with E-state index in [1.165, 1.54) is 10.7 Å². The minimum absolute atomic E-state index is 0.0931. The predicted molar refractivity (Wildman–Crippen MR) is 72.1 cm³/mol. The van der Waals surface area contributed by atoms with Gasteiger partial charge in [-0.3, -0.25) is 0 Å². The summed E-state index contributed by atoms with van der Waals surface area (Å²) in [5.74, 6) is -1.18. The Balaban J connectivity index is 2.74. The van der Waals surface area contributed by atoms with Crippen LogP contribution < -0.4 is 5.73 Å². The summed E-state index contributed by atoms with van der Waals surface area (Å²) in [5, 5.41) is 7.63. The molecular formula is C12H13BrF2N4. The number of hydrogen-bond acceptors (Lipinski definition) is 3. The highest BCUT2D eigenvalue weighted by Crippen LogP contribution is 2.32. The fraction of sp³-hybridized carbons (Fsp3) is 0.333. The molecule has 0 radical (unpaired) electrons. The maximum Gasteiger partial charge on any atom is 0.170 e. The standard InChI is InChI=1S/C12H13BrF2N4/c1-12(2,3)10-11(16)17-18-19(10)9-7(13)4-6(14)5-8(9)15/h4-5H,16H2,1-3H3. The fourth-order valence-corrected chi connectivity index (χ4v) is 2.46. The maximum absolute atomic E-state index is 14.0. The van der Waals surface area contributed by atoms with E-state index in [4.69, 9.17) is 5.73 Å². The van der Waals surface area contributed by atoms with Crippen LogP contribution in [0.1, 0.15) is 26.5 Å². The van der Waals surface area contributed by atoms with Crippen molar-refractivity contribution in [3.63, 3.8) is 0 Å². The number of nitrogen functional groups attached to an aromatic ring is 1. The lowest BCUT2D eigenvalue weighted by Crippen LogP contribution is -2.20. The Hall–Kier alpha value is -1.50. The van der Waals surface area contributed by atoms with E-state index in [0.717, 1.165) is 6.07 Å². The summed E-state index contributed by atoms with van der Waals surface area (Å²) >= 11 is 3.14. The zero-order valence-electron chi connectivity index (χ0n) is 10.7.